The second-order valence-electron chi connectivity index (χ2n) is 4.29. The molecule has 0 aromatic heterocycles. The molecule has 2 rings (SSSR count). The third-order valence-corrected chi connectivity index (χ3v) is 3.64. The fraction of sp³-hybridized carbons (Fsp3) is 0.133. The van der Waals surface area contributed by atoms with Crippen molar-refractivity contribution in [1.29, 1.82) is 0 Å². The maximum atomic E-state index is 12.4. The summed E-state index contributed by atoms with van der Waals surface area (Å²) >= 11 is 9.30. The zero-order valence-electron chi connectivity index (χ0n) is 10.8. The van der Waals surface area contributed by atoms with Gasteiger partial charge in [0.15, 0.2) is 5.78 Å². The molecule has 0 heterocycles. The van der Waals surface area contributed by atoms with E-state index in [1.165, 1.54) is 0 Å². The lowest BCUT2D eigenvalue weighted by Gasteiger charge is -2.10. The van der Waals surface area contributed by atoms with Crippen molar-refractivity contribution in [2.75, 3.05) is 12.8 Å². The first-order valence-electron chi connectivity index (χ1n) is 5.92. The first kappa shape index (κ1) is 14.9. The summed E-state index contributed by atoms with van der Waals surface area (Å²) in [6.45, 7) is 0. The molecule has 2 N–H and O–H groups in total. The number of carbonyl (C=O) groups is 1. The van der Waals surface area contributed by atoms with E-state index in [0.717, 1.165) is 10.0 Å². The summed E-state index contributed by atoms with van der Waals surface area (Å²) in [5.74, 6) is 0.556. The van der Waals surface area contributed by atoms with Gasteiger partial charge in [-0.15, -0.1) is 0 Å². The molecule has 2 aromatic carbocycles. The first-order valence-corrected chi connectivity index (χ1v) is 7.09. The molecule has 0 amide bonds. The lowest BCUT2D eigenvalue weighted by Crippen LogP contribution is -2.08. The quantitative estimate of drug-likeness (QED) is 0.664. The van der Waals surface area contributed by atoms with Crippen molar-refractivity contribution in [3.63, 3.8) is 0 Å². The minimum Gasteiger partial charge on any atom is -0.496 e. The molecule has 0 atom stereocenters. The number of halogens is 2. The number of anilines is 1. The van der Waals surface area contributed by atoms with E-state index in [9.17, 15) is 4.79 Å². The average molecular weight is 355 g/mol. The monoisotopic (exact) mass is 353 g/mol. The van der Waals surface area contributed by atoms with Crippen molar-refractivity contribution >= 4 is 39.0 Å². The second kappa shape index (κ2) is 6.29. The normalized spacial score (nSPS) is 10.3. The summed E-state index contributed by atoms with van der Waals surface area (Å²) in [5, 5.41) is 0.566. The molecule has 0 fully saturated rings. The van der Waals surface area contributed by atoms with Gasteiger partial charge in [0.25, 0.3) is 0 Å². The Kier molecular flexibility index (Phi) is 4.68. The number of nitrogens with two attached hydrogens (primary N) is 1. The molecule has 104 valence electrons. The molecule has 0 aliphatic heterocycles. The Morgan fingerprint density at radius 2 is 2.05 bits per heavy atom. The molecule has 0 spiro atoms. The van der Waals surface area contributed by atoms with Gasteiger partial charge in [-0.3, -0.25) is 4.79 Å². The lowest BCUT2D eigenvalue weighted by atomic mass is 10.0. The van der Waals surface area contributed by atoms with Gasteiger partial charge in [-0.05, 0) is 36.4 Å². The average Bonchev–Trinajstić information content (AvgIpc) is 2.41. The smallest absolute Gasteiger partial charge is 0.169 e. The number of rotatable bonds is 4. The van der Waals surface area contributed by atoms with Gasteiger partial charge in [0.05, 0.1) is 7.11 Å². The Labute approximate surface area is 130 Å². The van der Waals surface area contributed by atoms with E-state index in [0.29, 0.717) is 22.0 Å². The number of hydrogen-bond donors (Lipinski definition) is 1. The van der Waals surface area contributed by atoms with E-state index in [1.54, 1.807) is 43.5 Å². The molecule has 20 heavy (non-hydrogen) atoms. The van der Waals surface area contributed by atoms with E-state index >= 15 is 0 Å². The highest BCUT2D eigenvalue weighted by molar-refractivity contribution is 9.10. The van der Waals surface area contributed by atoms with Gasteiger partial charge < -0.3 is 10.5 Å². The van der Waals surface area contributed by atoms with E-state index in [1.807, 2.05) is 0 Å². The maximum absolute atomic E-state index is 12.4. The van der Waals surface area contributed by atoms with Gasteiger partial charge in [-0.1, -0.05) is 27.5 Å². The van der Waals surface area contributed by atoms with Crippen LogP contribution in [0.25, 0.3) is 0 Å². The summed E-state index contributed by atoms with van der Waals surface area (Å²) < 4.78 is 6.05. The van der Waals surface area contributed by atoms with Crippen LogP contribution in [0.4, 0.5) is 5.69 Å². The largest absolute Gasteiger partial charge is 0.496 e. The Bertz CT molecular complexity index is 658. The number of carbonyl (C=O) groups excluding carboxylic acids is 1. The van der Waals surface area contributed by atoms with Crippen LogP contribution in [0.5, 0.6) is 5.75 Å². The number of methoxy groups -OCH3 is 1. The summed E-state index contributed by atoms with van der Waals surface area (Å²) in [5.41, 5.74) is 7.53. The van der Waals surface area contributed by atoms with Crippen LogP contribution in [0.3, 0.4) is 0 Å². The van der Waals surface area contributed by atoms with Gasteiger partial charge in [0.2, 0.25) is 0 Å². The SMILES string of the molecule is COc1ccc(Cl)cc1CC(=O)c1cc(Br)ccc1N. The van der Waals surface area contributed by atoms with Crippen LogP contribution >= 0.6 is 27.5 Å². The topological polar surface area (TPSA) is 52.3 Å². The fourth-order valence-corrected chi connectivity index (χ4v) is 2.48. The van der Waals surface area contributed by atoms with Crippen LogP contribution in [0.15, 0.2) is 40.9 Å². The fourth-order valence-electron chi connectivity index (χ4n) is 1.92. The van der Waals surface area contributed by atoms with Crippen LogP contribution in [0, 0.1) is 0 Å². The Balaban J connectivity index is 2.32. The molecular weight excluding hydrogens is 342 g/mol. The highest BCUT2D eigenvalue weighted by atomic mass is 79.9. The first-order chi connectivity index (χ1) is 9.51. The van der Waals surface area contributed by atoms with Gasteiger partial charge in [0.1, 0.15) is 5.75 Å². The molecule has 0 aliphatic rings. The lowest BCUT2D eigenvalue weighted by molar-refractivity contribution is 0.0993. The minimum absolute atomic E-state index is 0.0793. The Morgan fingerprint density at radius 3 is 2.75 bits per heavy atom. The summed E-state index contributed by atoms with van der Waals surface area (Å²) in [6, 6.07) is 10.4. The molecule has 2 aromatic rings. The van der Waals surface area contributed by atoms with Crippen LogP contribution in [0.2, 0.25) is 5.02 Å². The molecule has 0 aliphatic carbocycles. The van der Waals surface area contributed by atoms with Crippen molar-refractivity contribution < 1.29 is 9.53 Å². The van der Waals surface area contributed by atoms with Gasteiger partial charge >= 0.3 is 0 Å². The number of nitrogen functional groups attached to an aromatic ring is 1. The number of ketones is 1. The molecule has 3 nitrogen and oxygen atoms in total. The van der Waals surface area contributed by atoms with Crippen molar-refractivity contribution in [3.8, 4) is 5.75 Å². The minimum atomic E-state index is -0.0793. The molecule has 5 heteroatoms. The number of benzene rings is 2. The third kappa shape index (κ3) is 3.32. The van der Waals surface area contributed by atoms with E-state index < -0.39 is 0 Å². The van der Waals surface area contributed by atoms with E-state index in [4.69, 9.17) is 22.1 Å². The molecular formula is C15H13BrClNO2. The van der Waals surface area contributed by atoms with Crippen LogP contribution < -0.4 is 10.5 Å². The molecule has 0 unspecified atom stereocenters. The summed E-state index contributed by atoms with van der Waals surface area (Å²) in [4.78, 5) is 12.4. The summed E-state index contributed by atoms with van der Waals surface area (Å²) in [6.07, 6.45) is 0.185. The van der Waals surface area contributed by atoms with Gasteiger partial charge in [-0.25, -0.2) is 0 Å². The van der Waals surface area contributed by atoms with Gasteiger partial charge in [0, 0.05) is 32.7 Å². The number of Topliss-reactive ketones (excluding diaryl/α,β-unsaturated/α-hetero) is 1. The Morgan fingerprint density at radius 1 is 1.30 bits per heavy atom. The molecule has 0 saturated heterocycles. The standard InChI is InChI=1S/C15H13BrClNO2/c1-20-15-5-3-11(17)6-9(15)7-14(19)12-8-10(16)2-4-13(12)18/h2-6,8H,7,18H2,1H3. The van der Waals surface area contributed by atoms with Gasteiger partial charge in [-0.2, -0.15) is 0 Å². The van der Waals surface area contributed by atoms with Crippen LogP contribution in [-0.4, -0.2) is 12.9 Å². The highest BCUT2D eigenvalue weighted by Gasteiger charge is 2.14. The zero-order chi connectivity index (χ0) is 14.7. The van der Waals surface area contributed by atoms with E-state index in [2.05, 4.69) is 15.9 Å². The van der Waals surface area contributed by atoms with Crippen molar-refractivity contribution in [2.24, 2.45) is 0 Å². The van der Waals surface area contributed by atoms with E-state index in [-0.39, 0.29) is 12.2 Å². The summed E-state index contributed by atoms with van der Waals surface area (Å²) in [7, 11) is 1.56. The van der Waals surface area contributed by atoms with Crippen LogP contribution in [-0.2, 0) is 6.42 Å². The number of hydrogen-bond acceptors (Lipinski definition) is 3. The maximum Gasteiger partial charge on any atom is 0.169 e. The highest BCUT2D eigenvalue weighted by Crippen LogP contribution is 2.26. The molecule has 0 saturated carbocycles. The number of ether oxygens (including phenoxy) is 1. The van der Waals surface area contributed by atoms with Crippen molar-refractivity contribution in [1.82, 2.24) is 0 Å². The zero-order valence-corrected chi connectivity index (χ0v) is 13.2. The van der Waals surface area contributed by atoms with Crippen molar-refractivity contribution in [3.05, 3.63) is 57.0 Å². The Hall–Kier alpha value is -1.52. The van der Waals surface area contributed by atoms with Crippen LogP contribution in [0.1, 0.15) is 15.9 Å². The molecule has 0 bridgehead atoms. The molecule has 0 radical (unpaired) electrons. The third-order valence-electron chi connectivity index (χ3n) is 2.91. The van der Waals surface area contributed by atoms with Crippen molar-refractivity contribution in [2.45, 2.75) is 6.42 Å². The predicted octanol–water partition coefficient (Wildman–Crippen LogP) is 4.12. The predicted molar refractivity (Wildman–Crippen MR) is 84.6 cm³/mol. The second-order valence-corrected chi connectivity index (χ2v) is 5.64.